The summed E-state index contributed by atoms with van der Waals surface area (Å²) in [7, 11) is -3.67. The van der Waals surface area contributed by atoms with E-state index in [0.717, 1.165) is 5.69 Å². The number of nitrogens with zero attached hydrogens (tertiary/aromatic N) is 1. The van der Waals surface area contributed by atoms with Crippen LogP contribution in [-0.2, 0) is 10.0 Å². The fraction of sp³-hybridized carbons (Fsp3) is 0.125. The van der Waals surface area contributed by atoms with Gasteiger partial charge >= 0.3 is 0 Å². The van der Waals surface area contributed by atoms with Gasteiger partial charge in [-0.25, -0.2) is 18.1 Å². The van der Waals surface area contributed by atoms with Crippen molar-refractivity contribution >= 4 is 21.7 Å². The van der Waals surface area contributed by atoms with Gasteiger partial charge in [-0.2, -0.15) is 0 Å². The molecule has 0 spiro atoms. The van der Waals surface area contributed by atoms with E-state index in [1.165, 1.54) is 30.3 Å². The highest BCUT2D eigenvalue weighted by Gasteiger charge is 2.15. The molecule has 1 heterocycles. The van der Waals surface area contributed by atoms with Gasteiger partial charge in [-0.1, -0.05) is 18.2 Å². The summed E-state index contributed by atoms with van der Waals surface area (Å²) in [4.78, 5) is 16.4. The number of rotatable bonds is 6. The molecule has 0 saturated heterocycles. The topological polar surface area (TPSA) is 88.2 Å². The van der Waals surface area contributed by atoms with E-state index in [1.807, 2.05) is 13.0 Å². The summed E-state index contributed by atoms with van der Waals surface area (Å²) in [6, 6.07) is 11.0. The SMILES string of the molecule is C=CCNS(=O)(=O)c1cccc(C(=O)Nc2cccc(C)n2)c1. The molecule has 0 fully saturated rings. The van der Waals surface area contributed by atoms with Crippen molar-refractivity contribution in [3.05, 3.63) is 66.4 Å². The third kappa shape index (κ3) is 4.48. The number of pyridine rings is 1. The number of carbonyl (C=O) groups is 1. The van der Waals surface area contributed by atoms with Gasteiger partial charge in [0.2, 0.25) is 10.0 Å². The predicted octanol–water partition coefficient (Wildman–Crippen LogP) is 2.11. The molecule has 0 aliphatic heterocycles. The molecule has 1 aromatic carbocycles. The van der Waals surface area contributed by atoms with E-state index in [4.69, 9.17) is 0 Å². The van der Waals surface area contributed by atoms with Crippen molar-refractivity contribution in [2.75, 3.05) is 11.9 Å². The lowest BCUT2D eigenvalue weighted by Gasteiger charge is -2.08. The number of nitrogens with one attached hydrogen (secondary N) is 2. The first-order valence-corrected chi connectivity index (χ1v) is 8.36. The van der Waals surface area contributed by atoms with Gasteiger partial charge in [0, 0.05) is 17.8 Å². The number of anilines is 1. The molecular formula is C16H17N3O3S. The van der Waals surface area contributed by atoms with Gasteiger partial charge in [0.15, 0.2) is 0 Å². The van der Waals surface area contributed by atoms with Gasteiger partial charge in [0.25, 0.3) is 5.91 Å². The Morgan fingerprint density at radius 3 is 2.70 bits per heavy atom. The highest BCUT2D eigenvalue weighted by molar-refractivity contribution is 7.89. The van der Waals surface area contributed by atoms with Crippen molar-refractivity contribution in [2.45, 2.75) is 11.8 Å². The average molecular weight is 331 g/mol. The van der Waals surface area contributed by atoms with Crippen molar-refractivity contribution < 1.29 is 13.2 Å². The van der Waals surface area contributed by atoms with E-state index in [9.17, 15) is 13.2 Å². The van der Waals surface area contributed by atoms with E-state index in [2.05, 4.69) is 21.6 Å². The summed E-state index contributed by atoms with van der Waals surface area (Å²) in [5.41, 5.74) is 1.00. The molecule has 0 radical (unpaired) electrons. The molecule has 0 aliphatic rings. The number of benzene rings is 1. The van der Waals surface area contributed by atoms with Crippen LogP contribution in [0.3, 0.4) is 0 Å². The van der Waals surface area contributed by atoms with Gasteiger partial charge < -0.3 is 5.32 Å². The molecule has 0 atom stereocenters. The molecule has 2 N–H and O–H groups in total. The maximum Gasteiger partial charge on any atom is 0.256 e. The van der Waals surface area contributed by atoms with E-state index in [1.54, 1.807) is 12.1 Å². The van der Waals surface area contributed by atoms with Gasteiger partial charge in [-0.3, -0.25) is 4.79 Å². The molecule has 0 aliphatic carbocycles. The van der Waals surface area contributed by atoms with E-state index >= 15 is 0 Å². The minimum absolute atomic E-state index is 0.0178. The van der Waals surface area contributed by atoms with Crippen molar-refractivity contribution in [3.8, 4) is 0 Å². The Morgan fingerprint density at radius 2 is 2.00 bits per heavy atom. The number of hydrogen-bond acceptors (Lipinski definition) is 4. The van der Waals surface area contributed by atoms with Gasteiger partial charge in [-0.05, 0) is 37.3 Å². The summed E-state index contributed by atoms with van der Waals surface area (Å²) >= 11 is 0. The molecule has 2 aromatic rings. The second kappa shape index (κ2) is 7.17. The van der Waals surface area contributed by atoms with Crippen LogP contribution >= 0.6 is 0 Å². The molecule has 0 saturated carbocycles. The smallest absolute Gasteiger partial charge is 0.256 e. The lowest BCUT2D eigenvalue weighted by atomic mass is 10.2. The third-order valence-electron chi connectivity index (χ3n) is 2.95. The number of aryl methyl sites for hydroxylation is 1. The minimum Gasteiger partial charge on any atom is -0.307 e. The number of carbonyl (C=O) groups excluding carboxylic acids is 1. The Morgan fingerprint density at radius 1 is 1.26 bits per heavy atom. The summed E-state index contributed by atoms with van der Waals surface area (Å²) in [5, 5.41) is 2.64. The second-order valence-corrected chi connectivity index (χ2v) is 6.55. The first-order valence-electron chi connectivity index (χ1n) is 6.88. The Balaban J connectivity index is 2.22. The molecule has 0 bridgehead atoms. The average Bonchev–Trinajstić information content (AvgIpc) is 2.53. The lowest BCUT2D eigenvalue weighted by Crippen LogP contribution is -2.24. The molecular weight excluding hydrogens is 314 g/mol. The van der Waals surface area contributed by atoms with Crippen LogP contribution < -0.4 is 10.0 Å². The monoisotopic (exact) mass is 331 g/mol. The molecule has 1 aromatic heterocycles. The fourth-order valence-electron chi connectivity index (χ4n) is 1.86. The molecule has 6 nitrogen and oxygen atoms in total. The Labute approximate surface area is 135 Å². The zero-order valence-corrected chi connectivity index (χ0v) is 13.4. The zero-order valence-electron chi connectivity index (χ0n) is 12.6. The third-order valence-corrected chi connectivity index (χ3v) is 4.38. The van der Waals surface area contributed by atoms with Crippen molar-refractivity contribution in [2.24, 2.45) is 0 Å². The summed E-state index contributed by atoms with van der Waals surface area (Å²) in [6.07, 6.45) is 1.44. The minimum atomic E-state index is -3.67. The van der Waals surface area contributed by atoms with Crippen LogP contribution in [0.5, 0.6) is 0 Å². The van der Waals surface area contributed by atoms with Gasteiger partial charge in [-0.15, -0.1) is 6.58 Å². The fourth-order valence-corrected chi connectivity index (χ4v) is 2.90. The second-order valence-electron chi connectivity index (χ2n) is 4.79. The number of hydrogen-bond donors (Lipinski definition) is 2. The highest BCUT2D eigenvalue weighted by atomic mass is 32.2. The van der Waals surface area contributed by atoms with E-state index in [0.29, 0.717) is 5.82 Å². The summed E-state index contributed by atoms with van der Waals surface area (Å²) in [5.74, 6) is -0.0167. The van der Waals surface area contributed by atoms with Crippen LogP contribution in [0.1, 0.15) is 16.1 Å². The van der Waals surface area contributed by atoms with Crippen LogP contribution in [0, 0.1) is 6.92 Å². The maximum absolute atomic E-state index is 12.2. The molecule has 120 valence electrons. The molecule has 7 heteroatoms. The Bertz CT molecular complexity index is 832. The summed E-state index contributed by atoms with van der Waals surface area (Å²) in [6.45, 7) is 5.39. The number of sulfonamides is 1. The highest BCUT2D eigenvalue weighted by Crippen LogP contribution is 2.13. The molecule has 23 heavy (non-hydrogen) atoms. The van der Waals surface area contributed by atoms with Gasteiger partial charge in [0.1, 0.15) is 5.82 Å². The van der Waals surface area contributed by atoms with Crippen LogP contribution in [-0.4, -0.2) is 25.9 Å². The van der Waals surface area contributed by atoms with Crippen molar-refractivity contribution in [3.63, 3.8) is 0 Å². The van der Waals surface area contributed by atoms with Crippen LogP contribution in [0.15, 0.2) is 60.0 Å². The largest absolute Gasteiger partial charge is 0.307 e. The van der Waals surface area contributed by atoms with Crippen LogP contribution in [0.2, 0.25) is 0 Å². The van der Waals surface area contributed by atoms with Crippen molar-refractivity contribution in [1.29, 1.82) is 0 Å². The van der Waals surface area contributed by atoms with Gasteiger partial charge in [0.05, 0.1) is 4.90 Å². The van der Waals surface area contributed by atoms with E-state index < -0.39 is 15.9 Å². The lowest BCUT2D eigenvalue weighted by molar-refractivity contribution is 0.102. The first-order chi connectivity index (χ1) is 10.9. The van der Waals surface area contributed by atoms with Crippen molar-refractivity contribution in [1.82, 2.24) is 9.71 Å². The van der Waals surface area contributed by atoms with Crippen LogP contribution in [0.25, 0.3) is 0 Å². The zero-order chi connectivity index (χ0) is 16.9. The molecule has 0 unspecified atom stereocenters. The van der Waals surface area contributed by atoms with E-state index in [-0.39, 0.29) is 17.0 Å². The standard InChI is InChI=1S/C16H17N3O3S/c1-3-10-17-23(21,22)14-8-5-7-13(11-14)16(20)19-15-9-4-6-12(2)18-15/h3-9,11,17H,1,10H2,2H3,(H,18,19,20). The normalized spacial score (nSPS) is 11.0. The Hall–Kier alpha value is -2.51. The molecule has 2 rings (SSSR count). The maximum atomic E-state index is 12.2. The number of amides is 1. The predicted molar refractivity (Wildman–Crippen MR) is 88.8 cm³/mol. The summed E-state index contributed by atoms with van der Waals surface area (Å²) < 4.78 is 26.5. The number of aromatic nitrogens is 1. The van der Waals surface area contributed by atoms with Crippen LogP contribution in [0.4, 0.5) is 5.82 Å². The quantitative estimate of drug-likeness (QED) is 0.794. The molecule has 1 amide bonds. The Kier molecular flexibility index (Phi) is 5.25. The first kappa shape index (κ1) is 16.9.